The van der Waals surface area contributed by atoms with Gasteiger partial charge in [-0.15, -0.1) is 0 Å². The van der Waals surface area contributed by atoms with Crippen LogP contribution in [0.3, 0.4) is 0 Å². The summed E-state index contributed by atoms with van der Waals surface area (Å²) in [6.45, 7) is 48.1. The summed E-state index contributed by atoms with van der Waals surface area (Å²) in [5.41, 5.74) is 31.2. The van der Waals surface area contributed by atoms with Crippen LogP contribution in [0.25, 0.3) is 77.2 Å². The third kappa shape index (κ3) is 8.80. The first-order chi connectivity index (χ1) is 39.3. The Bertz CT molecular complexity index is 4170. The molecule has 9 aromatic carbocycles. The molecule has 0 unspecified atom stereocenters. The van der Waals surface area contributed by atoms with Crippen molar-refractivity contribution in [2.45, 2.75) is 171 Å². The molecule has 4 heterocycles. The topological polar surface area (TPSA) is 9.86 Å². The van der Waals surface area contributed by atoms with Gasteiger partial charge in [0.15, 0.2) is 0 Å². The summed E-state index contributed by atoms with van der Waals surface area (Å²) < 4.78 is 5.43. The molecule has 13 rings (SSSR count). The minimum Gasteiger partial charge on any atom is -0.310 e. The zero-order valence-electron chi connectivity index (χ0n) is 54.1. The molecular formula is C80H86B2N2. The predicted molar refractivity (Wildman–Crippen MR) is 370 cm³/mol. The quantitative estimate of drug-likeness (QED) is 0.155. The van der Waals surface area contributed by atoms with Crippen molar-refractivity contribution in [3.8, 4) is 33.6 Å². The molecule has 0 N–H and O–H groups in total. The van der Waals surface area contributed by atoms with Gasteiger partial charge < -0.3 is 9.13 Å². The minimum atomic E-state index is -0.185. The van der Waals surface area contributed by atoms with Gasteiger partial charge in [0.2, 0.25) is 13.4 Å². The molecule has 2 aliphatic heterocycles. The highest BCUT2D eigenvalue weighted by molar-refractivity contribution is 7.00. The van der Waals surface area contributed by atoms with Gasteiger partial charge in [-0.3, -0.25) is 0 Å². The highest BCUT2D eigenvalue weighted by Gasteiger charge is 2.46. The third-order valence-electron chi connectivity index (χ3n) is 19.1. The fourth-order valence-corrected chi connectivity index (χ4v) is 14.8. The van der Waals surface area contributed by atoms with E-state index in [0.29, 0.717) is 0 Å². The van der Waals surface area contributed by atoms with Crippen molar-refractivity contribution in [2.24, 2.45) is 0 Å². The average Bonchev–Trinajstić information content (AvgIpc) is 1.44. The van der Waals surface area contributed by atoms with Gasteiger partial charge in [-0.1, -0.05) is 256 Å². The van der Waals surface area contributed by atoms with Gasteiger partial charge in [-0.2, -0.15) is 0 Å². The number of nitrogens with zero attached hydrogens (tertiary/aromatic N) is 2. The Kier molecular flexibility index (Phi) is 12.4. The number of aryl methyl sites for hydroxylation is 2. The maximum absolute atomic E-state index is 2.73. The van der Waals surface area contributed by atoms with E-state index < -0.39 is 0 Å². The van der Waals surface area contributed by atoms with E-state index in [1.165, 1.54) is 155 Å². The summed E-state index contributed by atoms with van der Waals surface area (Å²) in [7, 11) is 0. The summed E-state index contributed by atoms with van der Waals surface area (Å²) in [5.74, 6) is 0. The number of rotatable bonds is 4. The first kappa shape index (κ1) is 55.9. The fraction of sp³-hybridized carbons (Fsp3) is 0.325. The van der Waals surface area contributed by atoms with E-state index in [-0.39, 0.29) is 45.9 Å². The van der Waals surface area contributed by atoms with Crippen LogP contribution in [0.4, 0.5) is 0 Å². The molecule has 2 aliphatic rings. The van der Waals surface area contributed by atoms with Crippen LogP contribution in [0.2, 0.25) is 0 Å². The van der Waals surface area contributed by atoms with E-state index in [9.17, 15) is 0 Å². The number of aromatic nitrogens is 2. The minimum absolute atomic E-state index is 0.0578. The van der Waals surface area contributed by atoms with Crippen LogP contribution in [-0.4, -0.2) is 22.6 Å². The molecule has 0 radical (unpaired) electrons. The lowest BCUT2D eigenvalue weighted by Gasteiger charge is -2.40. The van der Waals surface area contributed by atoms with Crippen molar-refractivity contribution in [3.63, 3.8) is 0 Å². The smallest absolute Gasteiger partial charge is 0.247 e. The lowest BCUT2D eigenvalue weighted by Crippen LogP contribution is -2.63. The Morgan fingerprint density at radius 2 is 0.607 bits per heavy atom. The van der Waals surface area contributed by atoms with Gasteiger partial charge in [0, 0.05) is 44.0 Å². The number of hydrogen-bond donors (Lipinski definition) is 0. The largest absolute Gasteiger partial charge is 0.310 e. The van der Waals surface area contributed by atoms with Crippen molar-refractivity contribution in [3.05, 3.63) is 202 Å². The highest BCUT2D eigenvalue weighted by Crippen LogP contribution is 2.43. The second-order valence-electron chi connectivity index (χ2n) is 31.7. The van der Waals surface area contributed by atoms with Crippen LogP contribution in [0.15, 0.2) is 158 Å². The Morgan fingerprint density at radius 3 is 0.905 bits per heavy atom. The van der Waals surface area contributed by atoms with E-state index in [1.54, 1.807) is 0 Å². The van der Waals surface area contributed by atoms with Crippen LogP contribution in [0.1, 0.15) is 169 Å². The van der Waals surface area contributed by atoms with Crippen LogP contribution < -0.4 is 32.8 Å². The zero-order valence-corrected chi connectivity index (χ0v) is 54.1. The molecule has 0 saturated carbocycles. The van der Waals surface area contributed by atoms with Gasteiger partial charge in [0.25, 0.3) is 0 Å². The zero-order chi connectivity index (χ0) is 59.9. The summed E-state index contributed by atoms with van der Waals surface area (Å²) in [6.07, 6.45) is 0. The lowest BCUT2D eigenvalue weighted by molar-refractivity contribution is 0.552. The summed E-state index contributed by atoms with van der Waals surface area (Å²) in [5, 5.41) is 5.22. The molecule has 0 aliphatic carbocycles. The van der Waals surface area contributed by atoms with Crippen molar-refractivity contribution in [1.29, 1.82) is 0 Å². The van der Waals surface area contributed by atoms with Gasteiger partial charge in [-0.25, -0.2) is 0 Å². The molecule has 2 nitrogen and oxygen atoms in total. The average molecular weight is 1100 g/mol. The first-order valence-electron chi connectivity index (χ1n) is 31.1. The van der Waals surface area contributed by atoms with E-state index in [4.69, 9.17) is 0 Å². The highest BCUT2D eigenvalue weighted by atomic mass is 15.0. The first-order valence-corrected chi connectivity index (χ1v) is 31.1. The SMILES string of the molecule is Cc1ccc2c(c1)c1cc(-c3ccccc3)cc3c1n2-c1cc2c(cc1B3c1c(C(C)(C)C)cc(C(C)(C)C)cc1C(C)(C)C)-n1c3ccc(C)cc3c3cc(-c4ccccc4)cc(c31)B2c1c(C(C)(C)C)cc(C(C)(C)C)cc1C(C)(C)C. The lowest BCUT2D eigenvalue weighted by atomic mass is 9.30. The Hall–Kier alpha value is -7.29. The molecule has 422 valence electrons. The molecule has 0 bridgehead atoms. The molecule has 4 heteroatoms. The van der Waals surface area contributed by atoms with Gasteiger partial charge in [0.1, 0.15) is 0 Å². The van der Waals surface area contributed by atoms with Crippen molar-refractivity contribution >= 4 is 89.8 Å². The van der Waals surface area contributed by atoms with Gasteiger partial charge in [-0.05, 0) is 172 Å². The Balaban J connectivity index is 1.29. The second kappa shape index (κ2) is 18.6. The van der Waals surface area contributed by atoms with Crippen molar-refractivity contribution < 1.29 is 0 Å². The summed E-state index contributed by atoms with van der Waals surface area (Å²) in [4.78, 5) is 0. The van der Waals surface area contributed by atoms with Crippen LogP contribution in [-0.2, 0) is 32.5 Å². The third-order valence-corrected chi connectivity index (χ3v) is 19.1. The van der Waals surface area contributed by atoms with Crippen molar-refractivity contribution in [1.82, 2.24) is 9.13 Å². The molecule has 0 atom stereocenters. The van der Waals surface area contributed by atoms with Crippen molar-refractivity contribution in [2.75, 3.05) is 0 Å². The maximum atomic E-state index is 2.73. The Labute approximate surface area is 502 Å². The van der Waals surface area contributed by atoms with Gasteiger partial charge >= 0.3 is 0 Å². The molecular weight excluding hydrogens is 1010 g/mol. The number of fused-ring (bicyclic) bond motifs is 10. The van der Waals surface area contributed by atoms with E-state index in [0.717, 1.165) is 0 Å². The standard InChI is InChI=1S/C80H86B2N2/c1-47-31-33-67-55(35-47)57-37-51(49-27-23-21-24-28-49)39-65-73(57)83(67)69-45-64-70(46-63(69)81(65)71-59(77(9,10)11)41-53(75(3,4)5)42-60(71)78(12,13)14)84-68-34-32-48(2)36-56(68)58-38-52(50-29-25-22-26-30-50)40-66(74(58)84)82(64)72-61(79(15,16)17)43-54(76(6,7)8)44-62(72)80(18,19)20/h21-46H,1-20H3. The Morgan fingerprint density at radius 1 is 0.286 bits per heavy atom. The molecule has 0 amide bonds. The van der Waals surface area contributed by atoms with Gasteiger partial charge in [0.05, 0.1) is 11.0 Å². The monoisotopic (exact) mass is 1100 g/mol. The van der Waals surface area contributed by atoms with E-state index >= 15 is 0 Å². The summed E-state index contributed by atoms with van der Waals surface area (Å²) in [6, 6.07) is 62.9. The van der Waals surface area contributed by atoms with E-state index in [2.05, 4.69) is 305 Å². The molecule has 0 spiro atoms. The van der Waals surface area contributed by atoms with Crippen LogP contribution in [0, 0.1) is 13.8 Å². The van der Waals surface area contributed by atoms with Crippen LogP contribution >= 0.6 is 0 Å². The predicted octanol–water partition coefficient (Wildman–Crippen LogP) is 17.3. The molecule has 0 fully saturated rings. The fourth-order valence-electron chi connectivity index (χ4n) is 14.8. The maximum Gasteiger partial charge on any atom is 0.247 e. The molecule has 11 aromatic rings. The molecule has 0 saturated heterocycles. The summed E-state index contributed by atoms with van der Waals surface area (Å²) >= 11 is 0. The number of hydrogen-bond acceptors (Lipinski definition) is 0. The van der Waals surface area contributed by atoms with E-state index in [1.807, 2.05) is 0 Å². The molecule has 84 heavy (non-hydrogen) atoms. The molecule has 2 aromatic heterocycles. The number of benzene rings is 9. The normalized spacial score (nSPS) is 13.9. The van der Waals surface area contributed by atoms with Crippen LogP contribution in [0.5, 0.6) is 0 Å². The second-order valence-corrected chi connectivity index (χ2v) is 31.7.